The van der Waals surface area contributed by atoms with Gasteiger partial charge in [0.15, 0.2) is 0 Å². The molecule has 0 amide bonds. The van der Waals surface area contributed by atoms with Gasteiger partial charge in [0.25, 0.3) is 0 Å². The molecule has 0 radical (unpaired) electrons. The molecule has 1 rings (SSSR count). The van der Waals surface area contributed by atoms with Gasteiger partial charge < -0.3 is 10.8 Å². The van der Waals surface area contributed by atoms with Gasteiger partial charge in [-0.3, -0.25) is 0 Å². The van der Waals surface area contributed by atoms with Gasteiger partial charge in [-0.2, -0.15) is 0 Å². The molecule has 0 aliphatic rings. The van der Waals surface area contributed by atoms with Crippen molar-refractivity contribution in [3.8, 4) is 0 Å². The van der Waals surface area contributed by atoms with Crippen LogP contribution in [0.3, 0.4) is 0 Å². The van der Waals surface area contributed by atoms with E-state index in [0.29, 0.717) is 13.0 Å². The Kier molecular flexibility index (Phi) is 5.95. The molecule has 17 heavy (non-hydrogen) atoms. The maximum atomic E-state index is 12.9. The minimum absolute atomic E-state index is 0.193. The summed E-state index contributed by atoms with van der Waals surface area (Å²) in [7, 11) is 0. The molecule has 2 nitrogen and oxygen atoms in total. The quantitative estimate of drug-likeness (QED) is 0.583. The molecule has 0 aliphatic heterocycles. The Morgan fingerprint density at radius 3 is 2.82 bits per heavy atom. The van der Waals surface area contributed by atoms with E-state index >= 15 is 0 Å². The summed E-state index contributed by atoms with van der Waals surface area (Å²) in [5, 5.41) is 9.69. The topological polar surface area (TPSA) is 46.2 Å². The summed E-state index contributed by atoms with van der Waals surface area (Å²) in [6.07, 6.45) is 2.65. The number of benzene rings is 1. The third-order valence-electron chi connectivity index (χ3n) is 2.61. The molecule has 1 unspecified atom stereocenters. The average molecular weight is 257 g/mol. The lowest BCUT2D eigenvalue weighted by Crippen LogP contribution is -2.33. The average Bonchev–Trinajstić information content (AvgIpc) is 2.29. The molecule has 0 aliphatic carbocycles. The first-order chi connectivity index (χ1) is 8.03. The van der Waals surface area contributed by atoms with Crippen molar-refractivity contribution in [2.24, 2.45) is 5.73 Å². The smallest absolute Gasteiger partial charge is 0.124 e. The number of thioether (sulfide) groups is 1. The molecule has 1 aromatic carbocycles. The summed E-state index contributed by atoms with van der Waals surface area (Å²) in [6, 6.07) is 6.61. The highest BCUT2D eigenvalue weighted by atomic mass is 32.2. The third kappa shape index (κ3) is 6.05. The molecule has 1 atom stereocenters. The van der Waals surface area contributed by atoms with Gasteiger partial charge in [0.2, 0.25) is 0 Å². The number of unbranched alkanes of at least 4 members (excludes halogenated alkanes) is 1. The van der Waals surface area contributed by atoms with Crippen molar-refractivity contribution in [3.05, 3.63) is 30.1 Å². The second-order valence-corrected chi connectivity index (χ2v) is 5.63. The molecule has 0 saturated heterocycles. The number of halogens is 1. The fourth-order valence-electron chi connectivity index (χ4n) is 1.46. The summed E-state index contributed by atoms with van der Waals surface area (Å²) in [6.45, 7) is 2.05. The van der Waals surface area contributed by atoms with Crippen LogP contribution in [0.1, 0.15) is 26.2 Å². The normalized spacial score (nSPS) is 14.6. The third-order valence-corrected chi connectivity index (χ3v) is 3.69. The zero-order valence-electron chi connectivity index (χ0n) is 10.2. The van der Waals surface area contributed by atoms with E-state index in [1.165, 1.54) is 6.07 Å². The molecular formula is C13H20FNOS. The van der Waals surface area contributed by atoms with Crippen LogP contribution in [-0.4, -0.2) is 23.0 Å². The van der Waals surface area contributed by atoms with Crippen molar-refractivity contribution >= 4 is 11.8 Å². The summed E-state index contributed by atoms with van der Waals surface area (Å²) in [5.74, 6) is 0.741. The number of nitrogens with two attached hydrogens (primary N) is 1. The maximum absolute atomic E-state index is 12.9. The van der Waals surface area contributed by atoms with Crippen molar-refractivity contribution in [3.63, 3.8) is 0 Å². The second kappa shape index (κ2) is 6.99. The number of aliphatic hydroxyl groups is 1. The number of hydrogen-bond donors (Lipinski definition) is 2. The van der Waals surface area contributed by atoms with Crippen molar-refractivity contribution in [1.29, 1.82) is 0 Å². The first-order valence-electron chi connectivity index (χ1n) is 5.84. The largest absolute Gasteiger partial charge is 0.389 e. The fraction of sp³-hybridized carbons (Fsp3) is 0.538. The van der Waals surface area contributed by atoms with Gasteiger partial charge >= 0.3 is 0 Å². The van der Waals surface area contributed by atoms with E-state index in [2.05, 4.69) is 0 Å². The Hall–Kier alpha value is -0.580. The van der Waals surface area contributed by atoms with Gasteiger partial charge in [0, 0.05) is 11.4 Å². The number of hydrogen-bond acceptors (Lipinski definition) is 3. The van der Waals surface area contributed by atoms with Crippen molar-refractivity contribution in [2.75, 3.05) is 12.3 Å². The van der Waals surface area contributed by atoms with E-state index in [1.807, 2.05) is 6.07 Å². The zero-order chi connectivity index (χ0) is 12.7. The molecular weight excluding hydrogens is 237 g/mol. The molecule has 0 spiro atoms. The molecule has 0 bridgehead atoms. The van der Waals surface area contributed by atoms with Gasteiger partial charge in [0.1, 0.15) is 5.82 Å². The van der Waals surface area contributed by atoms with Crippen LogP contribution in [0.4, 0.5) is 4.39 Å². The minimum atomic E-state index is -0.747. The van der Waals surface area contributed by atoms with Crippen LogP contribution >= 0.6 is 11.8 Å². The zero-order valence-corrected chi connectivity index (χ0v) is 11.0. The van der Waals surface area contributed by atoms with Crippen LogP contribution in [0.25, 0.3) is 0 Å². The SMILES string of the molecule is CC(O)(CN)CCCCSc1cccc(F)c1. The Balaban J connectivity index is 2.17. The molecule has 1 aromatic rings. The summed E-state index contributed by atoms with van der Waals surface area (Å²) in [5.41, 5.74) is 4.69. The van der Waals surface area contributed by atoms with Crippen molar-refractivity contribution < 1.29 is 9.50 Å². The van der Waals surface area contributed by atoms with Crippen molar-refractivity contribution in [2.45, 2.75) is 36.7 Å². The van der Waals surface area contributed by atoms with Gasteiger partial charge in [-0.1, -0.05) is 6.07 Å². The molecule has 0 fully saturated rings. The van der Waals surface area contributed by atoms with E-state index in [1.54, 1.807) is 30.8 Å². The lowest BCUT2D eigenvalue weighted by molar-refractivity contribution is 0.0577. The van der Waals surface area contributed by atoms with E-state index in [4.69, 9.17) is 5.73 Å². The molecule has 3 N–H and O–H groups in total. The highest BCUT2D eigenvalue weighted by Gasteiger charge is 2.16. The first kappa shape index (κ1) is 14.5. The fourth-order valence-corrected chi connectivity index (χ4v) is 2.41. The van der Waals surface area contributed by atoms with Gasteiger partial charge in [-0.05, 0) is 50.1 Å². The van der Waals surface area contributed by atoms with Crippen LogP contribution < -0.4 is 5.73 Å². The molecule has 0 heterocycles. The van der Waals surface area contributed by atoms with Crippen molar-refractivity contribution in [1.82, 2.24) is 0 Å². The Bertz CT molecular complexity index is 344. The van der Waals surface area contributed by atoms with Crippen LogP contribution in [-0.2, 0) is 0 Å². The Morgan fingerprint density at radius 1 is 1.41 bits per heavy atom. The lowest BCUT2D eigenvalue weighted by atomic mass is 10.00. The second-order valence-electron chi connectivity index (χ2n) is 4.46. The number of rotatable bonds is 7. The van der Waals surface area contributed by atoms with Crippen LogP contribution in [0, 0.1) is 5.82 Å². The highest BCUT2D eigenvalue weighted by Crippen LogP contribution is 2.21. The van der Waals surface area contributed by atoms with Crippen LogP contribution in [0.2, 0.25) is 0 Å². The monoisotopic (exact) mass is 257 g/mol. The molecule has 0 aromatic heterocycles. The van der Waals surface area contributed by atoms with Gasteiger partial charge in [-0.25, -0.2) is 4.39 Å². The van der Waals surface area contributed by atoms with Crippen LogP contribution in [0.15, 0.2) is 29.2 Å². The van der Waals surface area contributed by atoms with E-state index in [0.717, 1.165) is 23.5 Å². The Labute approximate surface area is 106 Å². The minimum Gasteiger partial charge on any atom is -0.389 e. The van der Waals surface area contributed by atoms with Crippen LogP contribution in [0.5, 0.6) is 0 Å². The predicted octanol–water partition coefficient (Wildman–Crippen LogP) is 2.80. The molecule has 4 heteroatoms. The predicted molar refractivity (Wildman–Crippen MR) is 70.7 cm³/mol. The standard InChI is InChI=1S/C13H20FNOS/c1-13(16,10-15)7-2-3-8-17-12-6-4-5-11(14)9-12/h4-6,9,16H,2-3,7-8,10,15H2,1H3. The summed E-state index contributed by atoms with van der Waals surface area (Å²) < 4.78 is 12.9. The van der Waals surface area contributed by atoms with Gasteiger partial charge in [-0.15, -0.1) is 11.8 Å². The van der Waals surface area contributed by atoms with Gasteiger partial charge in [0.05, 0.1) is 5.60 Å². The molecule has 0 saturated carbocycles. The lowest BCUT2D eigenvalue weighted by Gasteiger charge is -2.20. The van der Waals surface area contributed by atoms with E-state index < -0.39 is 5.60 Å². The van der Waals surface area contributed by atoms with E-state index in [-0.39, 0.29) is 5.82 Å². The summed E-state index contributed by atoms with van der Waals surface area (Å²) in [4.78, 5) is 0.954. The summed E-state index contributed by atoms with van der Waals surface area (Å²) >= 11 is 1.64. The maximum Gasteiger partial charge on any atom is 0.124 e. The Morgan fingerprint density at radius 2 is 2.18 bits per heavy atom. The first-order valence-corrected chi connectivity index (χ1v) is 6.83. The highest BCUT2D eigenvalue weighted by molar-refractivity contribution is 7.99. The molecule has 96 valence electrons. The van der Waals surface area contributed by atoms with E-state index in [9.17, 15) is 9.50 Å².